The molecule has 0 spiro atoms. The Morgan fingerprint density at radius 2 is 2.17 bits per heavy atom. The molecule has 0 radical (unpaired) electrons. The van der Waals surface area contributed by atoms with Gasteiger partial charge < -0.3 is 11.1 Å². The fourth-order valence-electron chi connectivity index (χ4n) is 1.97. The zero-order valence-electron chi connectivity index (χ0n) is 11.9. The summed E-state index contributed by atoms with van der Waals surface area (Å²) in [4.78, 5) is 5.84. The smallest absolute Gasteiger partial charge is 0.109 e. The standard InChI is InChI=1S/C14H27N3S/c1-4-13-10-17-14(18-13)12(3)16-9-5-6-11(2)7-8-15/h10-12,16H,4-9,15H2,1-3H3. The molecule has 0 aliphatic rings. The lowest BCUT2D eigenvalue weighted by molar-refractivity contribution is 0.455. The number of nitrogens with two attached hydrogens (primary N) is 1. The van der Waals surface area contributed by atoms with Crippen LogP contribution in [0.1, 0.15) is 56.0 Å². The predicted molar refractivity (Wildman–Crippen MR) is 80.0 cm³/mol. The van der Waals surface area contributed by atoms with Crippen LogP contribution in [0.2, 0.25) is 0 Å². The van der Waals surface area contributed by atoms with Crippen molar-refractivity contribution in [3.05, 3.63) is 16.1 Å². The average molecular weight is 269 g/mol. The largest absolute Gasteiger partial charge is 0.330 e. The Bertz CT molecular complexity index is 325. The van der Waals surface area contributed by atoms with Gasteiger partial charge in [0.15, 0.2) is 0 Å². The number of rotatable bonds is 9. The van der Waals surface area contributed by atoms with Gasteiger partial charge in [-0.1, -0.05) is 13.8 Å². The second-order valence-electron chi connectivity index (χ2n) is 5.02. The molecular weight excluding hydrogens is 242 g/mol. The monoisotopic (exact) mass is 269 g/mol. The van der Waals surface area contributed by atoms with Crippen LogP contribution < -0.4 is 11.1 Å². The minimum absolute atomic E-state index is 0.375. The molecule has 0 saturated heterocycles. The normalized spacial score (nSPS) is 14.7. The molecule has 0 aliphatic carbocycles. The van der Waals surface area contributed by atoms with Gasteiger partial charge in [0.25, 0.3) is 0 Å². The summed E-state index contributed by atoms with van der Waals surface area (Å²) in [6.07, 6.45) is 6.71. The van der Waals surface area contributed by atoms with Crippen molar-refractivity contribution in [2.45, 2.75) is 52.5 Å². The Kier molecular flexibility index (Phi) is 7.47. The van der Waals surface area contributed by atoms with Gasteiger partial charge in [0.2, 0.25) is 0 Å². The van der Waals surface area contributed by atoms with E-state index in [4.69, 9.17) is 5.73 Å². The van der Waals surface area contributed by atoms with E-state index in [2.05, 4.69) is 31.1 Å². The Labute approximate surface area is 115 Å². The maximum absolute atomic E-state index is 5.55. The van der Waals surface area contributed by atoms with Crippen LogP contribution in [-0.2, 0) is 6.42 Å². The maximum Gasteiger partial charge on any atom is 0.109 e. The van der Waals surface area contributed by atoms with Gasteiger partial charge >= 0.3 is 0 Å². The fraction of sp³-hybridized carbons (Fsp3) is 0.786. The lowest BCUT2D eigenvalue weighted by atomic mass is 10.0. The molecule has 0 bridgehead atoms. The summed E-state index contributed by atoms with van der Waals surface area (Å²) in [5.41, 5.74) is 5.55. The van der Waals surface area contributed by atoms with Gasteiger partial charge in [-0.3, -0.25) is 0 Å². The van der Waals surface area contributed by atoms with Crippen molar-refractivity contribution in [1.29, 1.82) is 0 Å². The Hall–Kier alpha value is -0.450. The summed E-state index contributed by atoms with van der Waals surface area (Å²) in [6.45, 7) is 8.53. The third kappa shape index (κ3) is 5.46. The summed E-state index contributed by atoms with van der Waals surface area (Å²) in [5.74, 6) is 0.749. The summed E-state index contributed by atoms with van der Waals surface area (Å²) in [5, 5.41) is 4.76. The lowest BCUT2D eigenvalue weighted by Crippen LogP contribution is -2.20. The molecule has 1 aromatic heterocycles. The van der Waals surface area contributed by atoms with Gasteiger partial charge in [0.1, 0.15) is 5.01 Å². The highest BCUT2D eigenvalue weighted by atomic mass is 32.1. The molecule has 4 heteroatoms. The molecule has 2 unspecified atom stereocenters. The quantitative estimate of drug-likeness (QED) is 0.677. The molecular formula is C14H27N3S. The number of nitrogens with zero attached hydrogens (tertiary/aromatic N) is 1. The number of hydrogen-bond acceptors (Lipinski definition) is 4. The zero-order valence-corrected chi connectivity index (χ0v) is 12.7. The molecule has 0 amide bonds. The molecule has 0 fully saturated rings. The van der Waals surface area contributed by atoms with Crippen LogP contribution in [0.4, 0.5) is 0 Å². The first-order valence-electron chi connectivity index (χ1n) is 7.05. The van der Waals surface area contributed by atoms with E-state index in [0.29, 0.717) is 6.04 Å². The van der Waals surface area contributed by atoms with Crippen LogP contribution in [0, 0.1) is 5.92 Å². The topological polar surface area (TPSA) is 50.9 Å². The van der Waals surface area contributed by atoms with Crippen molar-refractivity contribution < 1.29 is 0 Å². The second kappa shape index (κ2) is 8.62. The number of aryl methyl sites for hydroxylation is 1. The fourth-order valence-corrected chi connectivity index (χ4v) is 2.86. The highest BCUT2D eigenvalue weighted by Crippen LogP contribution is 2.20. The molecule has 1 heterocycles. The van der Waals surface area contributed by atoms with Crippen LogP contribution in [-0.4, -0.2) is 18.1 Å². The van der Waals surface area contributed by atoms with Gasteiger partial charge in [-0.2, -0.15) is 0 Å². The van der Waals surface area contributed by atoms with E-state index in [-0.39, 0.29) is 0 Å². The van der Waals surface area contributed by atoms with Crippen molar-refractivity contribution in [2.24, 2.45) is 11.7 Å². The van der Waals surface area contributed by atoms with Gasteiger partial charge in [0.05, 0.1) is 6.04 Å². The van der Waals surface area contributed by atoms with Crippen LogP contribution in [0.15, 0.2) is 6.20 Å². The van der Waals surface area contributed by atoms with Crippen molar-refractivity contribution in [1.82, 2.24) is 10.3 Å². The maximum atomic E-state index is 5.55. The molecule has 0 aromatic carbocycles. The van der Waals surface area contributed by atoms with Crippen molar-refractivity contribution >= 4 is 11.3 Å². The van der Waals surface area contributed by atoms with E-state index in [0.717, 1.165) is 31.8 Å². The molecule has 1 rings (SSSR count). The van der Waals surface area contributed by atoms with Gasteiger partial charge in [-0.25, -0.2) is 4.98 Å². The van der Waals surface area contributed by atoms with E-state index in [1.54, 1.807) is 0 Å². The van der Waals surface area contributed by atoms with Gasteiger partial charge in [-0.05, 0) is 51.6 Å². The Morgan fingerprint density at radius 1 is 1.39 bits per heavy atom. The highest BCUT2D eigenvalue weighted by Gasteiger charge is 2.09. The van der Waals surface area contributed by atoms with Crippen LogP contribution in [0.3, 0.4) is 0 Å². The zero-order chi connectivity index (χ0) is 13.4. The van der Waals surface area contributed by atoms with Crippen LogP contribution in [0.5, 0.6) is 0 Å². The van der Waals surface area contributed by atoms with Crippen LogP contribution >= 0.6 is 11.3 Å². The molecule has 18 heavy (non-hydrogen) atoms. The molecule has 0 saturated carbocycles. The molecule has 3 nitrogen and oxygen atoms in total. The second-order valence-corrected chi connectivity index (χ2v) is 6.17. The van der Waals surface area contributed by atoms with Gasteiger partial charge in [0, 0.05) is 11.1 Å². The highest BCUT2D eigenvalue weighted by molar-refractivity contribution is 7.11. The first kappa shape index (κ1) is 15.6. The number of nitrogens with one attached hydrogen (secondary N) is 1. The number of thiazole rings is 1. The van der Waals surface area contributed by atoms with E-state index >= 15 is 0 Å². The molecule has 3 N–H and O–H groups in total. The average Bonchev–Trinajstić information content (AvgIpc) is 2.83. The number of hydrogen-bond donors (Lipinski definition) is 2. The van der Waals surface area contributed by atoms with Crippen LogP contribution in [0.25, 0.3) is 0 Å². The third-order valence-corrected chi connectivity index (χ3v) is 4.60. The minimum Gasteiger partial charge on any atom is -0.330 e. The van der Waals surface area contributed by atoms with Crippen molar-refractivity contribution in [2.75, 3.05) is 13.1 Å². The SMILES string of the molecule is CCc1cnc(C(C)NCCCC(C)CCN)s1. The minimum atomic E-state index is 0.375. The van der Waals surface area contributed by atoms with Gasteiger partial charge in [-0.15, -0.1) is 11.3 Å². The first-order valence-corrected chi connectivity index (χ1v) is 7.87. The summed E-state index contributed by atoms with van der Waals surface area (Å²) in [7, 11) is 0. The molecule has 2 atom stereocenters. The third-order valence-electron chi connectivity index (χ3n) is 3.27. The summed E-state index contributed by atoms with van der Waals surface area (Å²) < 4.78 is 0. The van der Waals surface area contributed by atoms with Crippen molar-refractivity contribution in [3.63, 3.8) is 0 Å². The van der Waals surface area contributed by atoms with E-state index in [1.807, 2.05) is 17.5 Å². The summed E-state index contributed by atoms with van der Waals surface area (Å²) >= 11 is 1.82. The van der Waals surface area contributed by atoms with Crippen molar-refractivity contribution in [3.8, 4) is 0 Å². The Balaban J connectivity index is 2.18. The molecule has 1 aromatic rings. The lowest BCUT2D eigenvalue weighted by Gasteiger charge is -2.13. The summed E-state index contributed by atoms with van der Waals surface area (Å²) in [6, 6.07) is 0.375. The Morgan fingerprint density at radius 3 is 2.78 bits per heavy atom. The van der Waals surface area contributed by atoms with E-state index in [9.17, 15) is 0 Å². The first-order chi connectivity index (χ1) is 8.67. The predicted octanol–water partition coefficient (Wildman–Crippen LogP) is 3.12. The van der Waals surface area contributed by atoms with E-state index < -0.39 is 0 Å². The molecule has 104 valence electrons. The number of aromatic nitrogens is 1. The molecule has 0 aliphatic heterocycles. The van der Waals surface area contributed by atoms with E-state index in [1.165, 1.54) is 22.7 Å².